The van der Waals surface area contributed by atoms with Gasteiger partial charge >= 0.3 is 6.61 Å². The minimum atomic E-state index is -2.96. The molecule has 5 nitrogen and oxygen atoms in total. The number of piperidine rings is 1. The smallest absolute Gasteiger partial charge is 0.387 e. The molecular formula is C17H22F2N2O3. The van der Waals surface area contributed by atoms with E-state index in [0.29, 0.717) is 31.5 Å². The minimum Gasteiger partial charge on any atom is -0.433 e. The third-order valence-corrected chi connectivity index (χ3v) is 4.15. The maximum Gasteiger partial charge on any atom is 0.387 e. The second kappa shape index (κ2) is 8.08. The van der Waals surface area contributed by atoms with Gasteiger partial charge in [0.1, 0.15) is 5.75 Å². The van der Waals surface area contributed by atoms with Crippen molar-refractivity contribution in [1.82, 2.24) is 4.90 Å². The summed E-state index contributed by atoms with van der Waals surface area (Å²) in [6, 6.07) is 4.69. The fourth-order valence-electron chi connectivity index (χ4n) is 2.86. The molecule has 0 unspecified atom stereocenters. The highest BCUT2D eigenvalue weighted by atomic mass is 19.3. The quantitative estimate of drug-likeness (QED) is 0.896. The van der Waals surface area contributed by atoms with E-state index in [1.807, 2.05) is 0 Å². The molecule has 0 saturated carbocycles. The number of carbonyl (C=O) groups is 2. The van der Waals surface area contributed by atoms with Gasteiger partial charge in [-0.05, 0) is 31.4 Å². The van der Waals surface area contributed by atoms with Crippen LogP contribution in [0.1, 0.15) is 31.7 Å². The van der Waals surface area contributed by atoms with Crippen LogP contribution in [-0.4, -0.2) is 36.4 Å². The van der Waals surface area contributed by atoms with E-state index < -0.39 is 6.61 Å². The lowest BCUT2D eigenvalue weighted by atomic mass is 9.96. The third-order valence-electron chi connectivity index (χ3n) is 4.15. The van der Waals surface area contributed by atoms with Gasteiger partial charge in [0, 0.05) is 19.5 Å². The first-order chi connectivity index (χ1) is 11.4. The van der Waals surface area contributed by atoms with Crippen molar-refractivity contribution in [2.24, 2.45) is 5.92 Å². The normalized spacial score (nSPS) is 17.7. The Balaban J connectivity index is 2.10. The first kappa shape index (κ1) is 18.2. The number of hydrogen-bond donors (Lipinski definition) is 1. The summed E-state index contributed by atoms with van der Waals surface area (Å²) in [7, 11) is 0. The van der Waals surface area contributed by atoms with Crippen LogP contribution in [-0.2, 0) is 9.59 Å². The summed E-state index contributed by atoms with van der Waals surface area (Å²) in [5.74, 6) is -0.675. The molecule has 1 saturated heterocycles. The fraction of sp³-hybridized carbons (Fsp3) is 0.529. The van der Waals surface area contributed by atoms with Crippen LogP contribution >= 0.6 is 0 Å². The first-order valence-corrected chi connectivity index (χ1v) is 8.05. The second-order valence-electron chi connectivity index (χ2n) is 5.85. The number of alkyl halides is 2. The topological polar surface area (TPSA) is 58.6 Å². The number of anilines is 1. The summed E-state index contributed by atoms with van der Waals surface area (Å²) in [5, 5.41) is 2.70. The predicted molar refractivity (Wildman–Crippen MR) is 86.0 cm³/mol. The van der Waals surface area contributed by atoms with Crippen molar-refractivity contribution in [2.75, 3.05) is 18.4 Å². The van der Waals surface area contributed by atoms with Crippen molar-refractivity contribution in [3.8, 4) is 5.75 Å². The average Bonchev–Trinajstić information content (AvgIpc) is 2.56. The number of aryl methyl sites for hydroxylation is 1. The molecule has 2 rings (SSSR count). The zero-order valence-electron chi connectivity index (χ0n) is 13.9. The lowest BCUT2D eigenvalue weighted by Gasteiger charge is -2.32. The number of amides is 2. The van der Waals surface area contributed by atoms with Crippen LogP contribution in [0.3, 0.4) is 0 Å². The maximum atomic E-state index is 12.5. The molecule has 0 spiro atoms. The van der Waals surface area contributed by atoms with Gasteiger partial charge in [-0.2, -0.15) is 8.78 Å². The summed E-state index contributed by atoms with van der Waals surface area (Å²) < 4.78 is 29.5. The fourth-order valence-corrected chi connectivity index (χ4v) is 2.86. The lowest BCUT2D eigenvalue weighted by molar-refractivity contribution is -0.134. The van der Waals surface area contributed by atoms with Gasteiger partial charge in [-0.1, -0.05) is 19.1 Å². The van der Waals surface area contributed by atoms with Crippen LogP contribution < -0.4 is 10.1 Å². The molecular weight excluding hydrogens is 318 g/mol. The number of nitrogens with one attached hydrogen (secondary N) is 1. The molecule has 0 aromatic heterocycles. The highest BCUT2D eigenvalue weighted by molar-refractivity contribution is 5.95. The number of hydrogen-bond acceptors (Lipinski definition) is 3. The number of likely N-dealkylation sites (tertiary alicyclic amines) is 1. The number of para-hydroxylation sites is 1. The Bertz CT molecular complexity index is 607. The van der Waals surface area contributed by atoms with Crippen LogP contribution in [0.4, 0.5) is 14.5 Å². The molecule has 1 aromatic carbocycles. The van der Waals surface area contributed by atoms with Gasteiger partial charge < -0.3 is 15.0 Å². The van der Waals surface area contributed by atoms with Crippen molar-refractivity contribution in [3.05, 3.63) is 23.8 Å². The maximum absolute atomic E-state index is 12.5. The van der Waals surface area contributed by atoms with Crippen LogP contribution in [0.5, 0.6) is 5.75 Å². The molecule has 0 aliphatic carbocycles. The first-order valence-electron chi connectivity index (χ1n) is 8.05. The molecule has 0 radical (unpaired) electrons. The molecule has 2 amide bonds. The zero-order chi connectivity index (χ0) is 17.7. The van der Waals surface area contributed by atoms with E-state index in [2.05, 4.69) is 10.1 Å². The van der Waals surface area contributed by atoms with Gasteiger partial charge in [-0.15, -0.1) is 0 Å². The average molecular weight is 340 g/mol. The highest BCUT2D eigenvalue weighted by Crippen LogP contribution is 2.30. The van der Waals surface area contributed by atoms with Gasteiger partial charge in [0.05, 0.1) is 11.6 Å². The van der Waals surface area contributed by atoms with Crippen LogP contribution in [0.25, 0.3) is 0 Å². The molecule has 1 aromatic rings. The van der Waals surface area contributed by atoms with E-state index in [-0.39, 0.29) is 29.2 Å². The molecule has 7 heteroatoms. The van der Waals surface area contributed by atoms with Crippen LogP contribution in [0, 0.1) is 12.8 Å². The van der Waals surface area contributed by atoms with Gasteiger partial charge in [-0.25, -0.2) is 0 Å². The molecule has 1 aliphatic heterocycles. The van der Waals surface area contributed by atoms with Gasteiger partial charge in [-0.3, -0.25) is 9.59 Å². The Hall–Kier alpha value is -2.18. The van der Waals surface area contributed by atoms with Crippen LogP contribution in [0.2, 0.25) is 0 Å². The monoisotopic (exact) mass is 340 g/mol. The number of rotatable bonds is 5. The van der Waals surface area contributed by atoms with Crippen molar-refractivity contribution in [1.29, 1.82) is 0 Å². The van der Waals surface area contributed by atoms with Crippen LogP contribution in [0.15, 0.2) is 18.2 Å². The van der Waals surface area contributed by atoms with E-state index in [1.165, 1.54) is 6.07 Å². The number of benzene rings is 1. The number of halogens is 2. The third kappa shape index (κ3) is 4.43. The zero-order valence-corrected chi connectivity index (χ0v) is 13.9. The molecule has 132 valence electrons. The Morgan fingerprint density at radius 3 is 2.83 bits per heavy atom. The minimum absolute atomic E-state index is 0.0186. The van der Waals surface area contributed by atoms with E-state index in [1.54, 1.807) is 30.9 Å². The standard InChI is InChI=1S/C17H22F2N2O3/c1-3-14(22)21-9-5-7-12(10-21)16(23)20-15-11(2)6-4-8-13(15)24-17(18)19/h4,6,8,12,17H,3,5,7,9-10H2,1-2H3,(H,20,23)/t12-/m1/s1. The largest absolute Gasteiger partial charge is 0.433 e. The Labute approximate surface area is 140 Å². The van der Waals surface area contributed by atoms with Gasteiger partial charge in [0.15, 0.2) is 0 Å². The summed E-state index contributed by atoms with van der Waals surface area (Å²) in [4.78, 5) is 26.0. The number of ether oxygens (including phenoxy) is 1. The molecule has 1 atom stereocenters. The van der Waals surface area contributed by atoms with Crippen molar-refractivity contribution >= 4 is 17.5 Å². The Morgan fingerprint density at radius 1 is 1.42 bits per heavy atom. The van der Waals surface area contributed by atoms with E-state index in [4.69, 9.17) is 0 Å². The highest BCUT2D eigenvalue weighted by Gasteiger charge is 2.28. The SMILES string of the molecule is CCC(=O)N1CCC[C@@H](C(=O)Nc2c(C)cccc2OC(F)F)C1. The van der Waals surface area contributed by atoms with Gasteiger partial charge in [0.2, 0.25) is 11.8 Å². The van der Waals surface area contributed by atoms with Crippen molar-refractivity contribution in [2.45, 2.75) is 39.7 Å². The van der Waals surface area contributed by atoms with E-state index >= 15 is 0 Å². The summed E-state index contributed by atoms with van der Waals surface area (Å²) in [6.07, 6.45) is 1.81. The number of carbonyl (C=O) groups excluding carboxylic acids is 2. The lowest BCUT2D eigenvalue weighted by Crippen LogP contribution is -2.43. The Morgan fingerprint density at radius 2 is 2.17 bits per heavy atom. The van der Waals surface area contributed by atoms with Crippen molar-refractivity contribution < 1.29 is 23.1 Å². The molecule has 1 heterocycles. The van der Waals surface area contributed by atoms with Gasteiger partial charge in [0.25, 0.3) is 0 Å². The molecule has 1 N–H and O–H groups in total. The molecule has 0 bridgehead atoms. The summed E-state index contributed by atoms with van der Waals surface area (Å²) in [5.41, 5.74) is 0.889. The van der Waals surface area contributed by atoms with Crippen molar-refractivity contribution in [3.63, 3.8) is 0 Å². The van der Waals surface area contributed by atoms with E-state index in [0.717, 1.165) is 6.42 Å². The second-order valence-corrected chi connectivity index (χ2v) is 5.85. The van der Waals surface area contributed by atoms with E-state index in [9.17, 15) is 18.4 Å². The predicted octanol–water partition coefficient (Wildman–Crippen LogP) is 3.18. The Kier molecular flexibility index (Phi) is 6.11. The summed E-state index contributed by atoms with van der Waals surface area (Å²) in [6.45, 7) is 1.54. The summed E-state index contributed by atoms with van der Waals surface area (Å²) >= 11 is 0. The molecule has 1 fully saturated rings. The number of nitrogens with zero attached hydrogens (tertiary/aromatic N) is 1. The molecule has 24 heavy (non-hydrogen) atoms. The molecule has 1 aliphatic rings.